The number of hydrogen-bond acceptors (Lipinski definition) is 6. The maximum Gasteiger partial charge on any atom is 0.258 e. The van der Waals surface area contributed by atoms with Gasteiger partial charge in [0.15, 0.2) is 5.96 Å². The Hall–Kier alpha value is -1.91. The molecular weight excluding hydrogens is 398 g/mol. The summed E-state index contributed by atoms with van der Waals surface area (Å²) in [7, 11) is 1.37. The van der Waals surface area contributed by atoms with Gasteiger partial charge in [-0.25, -0.2) is 0 Å². The van der Waals surface area contributed by atoms with Crippen molar-refractivity contribution in [3.8, 4) is 0 Å². The normalized spacial score (nSPS) is 12.7. The number of guanidine groups is 1. The average Bonchev–Trinajstić information content (AvgIpc) is 2.71. The van der Waals surface area contributed by atoms with E-state index in [4.69, 9.17) is 21.9 Å². The van der Waals surface area contributed by atoms with Crippen molar-refractivity contribution in [2.45, 2.75) is 76.9 Å². The van der Waals surface area contributed by atoms with Crippen LogP contribution < -0.4 is 33.2 Å². The largest absolute Gasteiger partial charge is 0.370 e. The highest BCUT2D eigenvalue weighted by molar-refractivity contribution is 6.03. The second-order valence-corrected chi connectivity index (χ2v) is 7.85. The van der Waals surface area contributed by atoms with E-state index < -0.39 is 17.9 Å². The van der Waals surface area contributed by atoms with Crippen LogP contribution in [-0.4, -0.2) is 69.8 Å². The molecular formula is C21H45N7O3. The Bertz CT molecular complexity index is 497. The molecule has 0 aromatic carbocycles. The Morgan fingerprint density at radius 1 is 0.839 bits per heavy atom. The van der Waals surface area contributed by atoms with Gasteiger partial charge in [0, 0.05) is 32.8 Å². The van der Waals surface area contributed by atoms with Gasteiger partial charge >= 0.3 is 0 Å². The van der Waals surface area contributed by atoms with Gasteiger partial charge in [0.25, 0.3) is 11.8 Å². The molecule has 0 heterocycles. The molecule has 10 heteroatoms. The van der Waals surface area contributed by atoms with Gasteiger partial charge in [-0.2, -0.15) is 0 Å². The SMILES string of the molecule is COC(C(=O)NCCCCCCCCN=C(N)N)C(=O)NCCCCNCCC(C)N. The summed E-state index contributed by atoms with van der Waals surface area (Å²) in [6, 6.07) is 0.205. The zero-order chi connectivity index (χ0) is 23.3. The Morgan fingerprint density at radius 3 is 1.90 bits per heavy atom. The molecule has 2 amide bonds. The maximum atomic E-state index is 12.2. The lowest BCUT2D eigenvalue weighted by molar-refractivity contribution is -0.143. The number of aliphatic imine (C=N–C) groups is 1. The lowest BCUT2D eigenvalue weighted by Crippen LogP contribution is -2.47. The first-order chi connectivity index (χ1) is 14.9. The summed E-state index contributed by atoms with van der Waals surface area (Å²) >= 11 is 0. The average molecular weight is 444 g/mol. The predicted octanol–water partition coefficient (Wildman–Crippen LogP) is -0.0451. The van der Waals surface area contributed by atoms with Crippen LogP contribution in [-0.2, 0) is 14.3 Å². The molecule has 0 aromatic rings. The summed E-state index contributed by atoms with van der Waals surface area (Å²) in [4.78, 5) is 28.3. The molecule has 0 aliphatic rings. The zero-order valence-electron chi connectivity index (χ0n) is 19.5. The third kappa shape index (κ3) is 18.6. The van der Waals surface area contributed by atoms with Crippen molar-refractivity contribution in [2.75, 3.05) is 39.8 Å². The fraction of sp³-hybridized carbons (Fsp3) is 0.857. The van der Waals surface area contributed by atoms with E-state index in [2.05, 4.69) is 20.9 Å². The van der Waals surface area contributed by atoms with Crippen LogP contribution in [0.4, 0.5) is 0 Å². The van der Waals surface area contributed by atoms with Gasteiger partial charge in [-0.05, 0) is 52.1 Å². The highest BCUT2D eigenvalue weighted by Crippen LogP contribution is 2.05. The highest BCUT2D eigenvalue weighted by Gasteiger charge is 2.25. The van der Waals surface area contributed by atoms with E-state index in [0.29, 0.717) is 19.6 Å². The molecule has 31 heavy (non-hydrogen) atoms. The van der Waals surface area contributed by atoms with E-state index >= 15 is 0 Å². The maximum absolute atomic E-state index is 12.2. The van der Waals surface area contributed by atoms with Crippen molar-refractivity contribution in [1.82, 2.24) is 16.0 Å². The van der Waals surface area contributed by atoms with Crippen molar-refractivity contribution in [1.29, 1.82) is 0 Å². The molecule has 0 saturated heterocycles. The molecule has 0 saturated carbocycles. The number of carbonyl (C=O) groups is 2. The smallest absolute Gasteiger partial charge is 0.258 e. The Morgan fingerprint density at radius 2 is 1.35 bits per heavy atom. The second kappa shape index (κ2) is 20.0. The van der Waals surface area contributed by atoms with Crippen LogP contribution in [0.3, 0.4) is 0 Å². The Labute approximate surface area is 187 Å². The fourth-order valence-corrected chi connectivity index (χ4v) is 2.92. The molecule has 0 rings (SSSR count). The summed E-state index contributed by atoms with van der Waals surface area (Å²) in [6.45, 7) is 5.49. The molecule has 0 aliphatic heterocycles. The molecule has 0 aliphatic carbocycles. The minimum Gasteiger partial charge on any atom is -0.370 e. The molecule has 0 bridgehead atoms. The number of amides is 2. The van der Waals surface area contributed by atoms with Gasteiger partial charge in [-0.3, -0.25) is 14.6 Å². The molecule has 0 aromatic heterocycles. The number of ether oxygens (including phenoxy) is 1. The highest BCUT2D eigenvalue weighted by atomic mass is 16.5. The quantitative estimate of drug-likeness (QED) is 0.0663. The van der Waals surface area contributed by atoms with Crippen molar-refractivity contribution in [3.05, 3.63) is 0 Å². The van der Waals surface area contributed by atoms with Crippen LogP contribution in [0.15, 0.2) is 4.99 Å². The molecule has 0 radical (unpaired) electrons. The van der Waals surface area contributed by atoms with Gasteiger partial charge < -0.3 is 37.9 Å². The number of nitrogens with one attached hydrogen (secondary N) is 3. The number of nitrogens with two attached hydrogens (primary N) is 3. The minimum atomic E-state index is -1.11. The van der Waals surface area contributed by atoms with Crippen LogP contribution in [0.5, 0.6) is 0 Å². The number of carbonyl (C=O) groups excluding carboxylic acids is 2. The Kier molecular flexibility index (Phi) is 18.8. The van der Waals surface area contributed by atoms with Crippen LogP contribution in [0.1, 0.15) is 64.7 Å². The fourth-order valence-electron chi connectivity index (χ4n) is 2.92. The van der Waals surface area contributed by atoms with Crippen LogP contribution in [0.25, 0.3) is 0 Å². The molecule has 182 valence electrons. The first-order valence-electron chi connectivity index (χ1n) is 11.5. The zero-order valence-corrected chi connectivity index (χ0v) is 19.5. The van der Waals surface area contributed by atoms with Crippen molar-refractivity contribution in [3.63, 3.8) is 0 Å². The van der Waals surface area contributed by atoms with E-state index in [1.807, 2.05) is 6.92 Å². The van der Waals surface area contributed by atoms with Crippen molar-refractivity contribution >= 4 is 17.8 Å². The minimum absolute atomic E-state index is 0.139. The van der Waals surface area contributed by atoms with Gasteiger partial charge in [0.1, 0.15) is 0 Å². The summed E-state index contributed by atoms with van der Waals surface area (Å²) in [5, 5.41) is 8.87. The van der Waals surface area contributed by atoms with Gasteiger partial charge in [-0.1, -0.05) is 25.7 Å². The first kappa shape index (κ1) is 29.1. The standard InChI is InChI=1S/C21H45N7O3/c1-17(22)11-16-25-12-9-10-14-27-20(30)18(31-2)19(29)26-13-7-5-3-4-6-8-15-28-21(23)24/h17-18,25H,3-16,22H2,1-2H3,(H,26,29)(H,27,30)(H4,23,24,28). The summed E-state index contributed by atoms with van der Waals surface area (Å²) in [5.41, 5.74) is 16.2. The summed E-state index contributed by atoms with van der Waals surface area (Å²) < 4.78 is 5.08. The van der Waals surface area contributed by atoms with Crippen LogP contribution >= 0.6 is 0 Å². The number of nitrogens with zero attached hydrogens (tertiary/aromatic N) is 1. The number of hydrogen-bond donors (Lipinski definition) is 6. The van der Waals surface area contributed by atoms with Crippen LogP contribution in [0, 0.1) is 0 Å². The molecule has 2 unspecified atom stereocenters. The first-order valence-corrected chi connectivity index (χ1v) is 11.5. The number of unbranched alkanes of at least 4 members (excludes halogenated alkanes) is 6. The van der Waals surface area contributed by atoms with Crippen LogP contribution in [0.2, 0.25) is 0 Å². The molecule has 9 N–H and O–H groups in total. The summed E-state index contributed by atoms with van der Waals surface area (Å²) in [6.07, 6.45) is 7.75. The lowest BCUT2D eigenvalue weighted by Gasteiger charge is -2.15. The van der Waals surface area contributed by atoms with E-state index in [1.165, 1.54) is 7.11 Å². The third-order valence-electron chi connectivity index (χ3n) is 4.75. The van der Waals surface area contributed by atoms with E-state index in [-0.39, 0.29) is 12.0 Å². The van der Waals surface area contributed by atoms with Crippen molar-refractivity contribution < 1.29 is 14.3 Å². The number of rotatable bonds is 20. The lowest BCUT2D eigenvalue weighted by atomic mass is 10.1. The van der Waals surface area contributed by atoms with E-state index in [0.717, 1.165) is 70.9 Å². The van der Waals surface area contributed by atoms with Gasteiger partial charge in [-0.15, -0.1) is 0 Å². The monoisotopic (exact) mass is 443 g/mol. The van der Waals surface area contributed by atoms with E-state index in [9.17, 15) is 9.59 Å². The van der Waals surface area contributed by atoms with E-state index in [1.54, 1.807) is 0 Å². The van der Waals surface area contributed by atoms with Crippen molar-refractivity contribution in [2.24, 2.45) is 22.2 Å². The molecule has 10 nitrogen and oxygen atoms in total. The third-order valence-corrected chi connectivity index (χ3v) is 4.75. The second-order valence-electron chi connectivity index (χ2n) is 7.85. The summed E-state index contributed by atoms with van der Waals surface area (Å²) in [5.74, 6) is -0.652. The predicted molar refractivity (Wildman–Crippen MR) is 126 cm³/mol. The topological polar surface area (TPSA) is 170 Å². The molecule has 0 spiro atoms. The van der Waals surface area contributed by atoms with Gasteiger partial charge in [0.2, 0.25) is 6.10 Å². The number of methoxy groups -OCH3 is 1. The Balaban J connectivity index is 3.72. The van der Waals surface area contributed by atoms with Gasteiger partial charge in [0.05, 0.1) is 0 Å². The molecule has 2 atom stereocenters. The molecule has 0 fully saturated rings.